The molecule has 0 aliphatic carbocycles. The third kappa shape index (κ3) is 5.16. The molecule has 1 aromatic carbocycles. The lowest BCUT2D eigenvalue weighted by molar-refractivity contribution is 0.450. The first kappa shape index (κ1) is 17.6. The van der Waals surface area contributed by atoms with Gasteiger partial charge in [-0.15, -0.1) is 0 Å². The van der Waals surface area contributed by atoms with Gasteiger partial charge in [-0.05, 0) is 24.6 Å². The Morgan fingerprint density at radius 2 is 1.95 bits per heavy atom. The van der Waals surface area contributed by atoms with Crippen LogP contribution < -0.4 is 5.32 Å². The Morgan fingerprint density at radius 3 is 2.50 bits per heavy atom. The van der Waals surface area contributed by atoms with Crippen LogP contribution in [0.1, 0.15) is 26.3 Å². The Balaban J connectivity index is 2.71. The summed E-state index contributed by atoms with van der Waals surface area (Å²) in [5, 5.41) is 2.72. The number of halogens is 1. The molecule has 0 saturated carbocycles. The highest BCUT2D eigenvalue weighted by Crippen LogP contribution is 2.16. The van der Waals surface area contributed by atoms with Gasteiger partial charge >= 0.3 is 0 Å². The highest BCUT2D eigenvalue weighted by molar-refractivity contribution is 9.10. The van der Waals surface area contributed by atoms with Gasteiger partial charge in [0.25, 0.3) is 0 Å². The summed E-state index contributed by atoms with van der Waals surface area (Å²) in [5.74, 6) is 0. The summed E-state index contributed by atoms with van der Waals surface area (Å²) in [5.41, 5.74) is 0.967. The number of hydrogen-bond donors (Lipinski definition) is 1. The minimum Gasteiger partial charge on any atom is -0.313 e. The Bertz CT molecular complexity index is 532. The van der Waals surface area contributed by atoms with Gasteiger partial charge in [-0.25, -0.2) is 12.7 Å². The Morgan fingerprint density at radius 1 is 1.30 bits per heavy atom. The first-order valence-corrected chi connectivity index (χ1v) is 8.96. The van der Waals surface area contributed by atoms with Crippen molar-refractivity contribution in [2.45, 2.75) is 38.6 Å². The predicted molar refractivity (Wildman–Crippen MR) is 87.1 cm³/mol. The van der Waals surface area contributed by atoms with Crippen LogP contribution in [-0.2, 0) is 16.6 Å². The van der Waals surface area contributed by atoms with Crippen molar-refractivity contribution in [1.29, 1.82) is 0 Å². The van der Waals surface area contributed by atoms with Gasteiger partial charge in [-0.2, -0.15) is 0 Å². The van der Waals surface area contributed by atoms with Crippen molar-refractivity contribution in [1.82, 2.24) is 9.62 Å². The molecule has 1 unspecified atom stereocenters. The molecule has 1 aromatic rings. The van der Waals surface area contributed by atoms with Crippen molar-refractivity contribution in [3.8, 4) is 0 Å². The van der Waals surface area contributed by atoms with E-state index in [9.17, 15) is 8.42 Å². The summed E-state index contributed by atoms with van der Waals surface area (Å²) < 4.78 is 27.2. The maximum Gasteiger partial charge on any atom is 0.218 e. The second-order valence-electron chi connectivity index (χ2n) is 5.30. The van der Waals surface area contributed by atoms with Crippen LogP contribution in [0.5, 0.6) is 0 Å². The molecule has 0 spiro atoms. The molecule has 0 fully saturated rings. The molecule has 1 atom stereocenters. The number of nitrogens with one attached hydrogen (secondary N) is 1. The average Bonchev–Trinajstić information content (AvgIpc) is 2.35. The highest BCUT2D eigenvalue weighted by atomic mass is 79.9. The number of sulfonamides is 1. The van der Waals surface area contributed by atoms with Gasteiger partial charge in [0.2, 0.25) is 10.0 Å². The fourth-order valence-electron chi connectivity index (χ4n) is 1.80. The van der Waals surface area contributed by atoms with E-state index in [0.29, 0.717) is 13.1 Å². The minimum atomic E-state index is -3.29. The zero-order valence-electron chi connectivity index (χ0n) is 12.4. The topological polar surface area (TPSA) is 49.4 Å². The van der Waals surface area contributed by atoms with Crippen LogP contribution in [0.2, 0.25) is 0 Å². The highest BCUT2D eigenvalue weighted by Gasteiger charge is 2.25. The predicted octanol–water partition coefficient (Wildman–Crippen LogP) is 2.60. The van der Waals surface area contributed by atoms with Crippen LogP contribution in [-0.4, -0.2) is 37.6 Å². The summed E-state index contributed by atoms with van der Waals surface area (Å²) in [6, 6.07) is 7.97. The molecular weight excluding hydrogens is 340 g/mol. The van der Waals surface area contributed by atoms with E-state index in [2.05, 4.69) is 21.2 Å². The van der Waals surface area contributed by atoms with Crippen LogP contribution in [0.4, 0.5) is 0 Å². The van der Waals surface area contributed by atoms with Crippen molar-refractivity contribution < 1.29 is 8.42 Å². The summed E-state index contributed by atoms with van der Waals surface area (Å²) in [6.07, 6.45) is 0. The second kappa shape index (κ2) is 7.54. The second-order valence-corrected chi connectivity index (χ2v) is 8.68. The van der Waals surface area contributed by atoms with E-state index in [1.54, 1.807) is 14.0 Å². The van der Waals surface area contributed by atoms with Crippen LogP contribution in [0.3, 0.4) is 0 Å². The lowest BCUT2D eigenvalue weighted by atomic mass is 10.2. The van der Waals surface area contributed by atoms with E-state index < -0.39 is 15.3 Å². The molecule has 0 aliphatic rings. The summed E-state index contributed by atoms with van der Waals surface area (Å²) in [6.45, 7) is 6.59. The number of rotatable bonds is 7. The van der Waals surface area contributed by atoms with Gasteiger partial charge < -0.3 is 5.32 Å². The van der Waals surface area contributed by atoms with Crippen LogP contribution >= 0.6 is 15.9 Å². The molecule has 0 aromatic heterocycles. The van der Waals surface area contributed by atoms with E-state index in [1.165, 1.54) is 4.31 Å². The molecule has 1 N–H and O–H groups in total. The summed E-state index contributed by atoms with van der Waals surface area (Å²) in [4.78, 5) is 0. The standard InChI is InChI=1S/C14H23BrN2O2S/c1-11(2)16-9-12(3)20(18,19)17(4)10-13-6-5-7-14(15)8-13/h5-8,11-12,16H,9-10H2,1-4H3. The molecule has 4 nitrogen and oxygen atoms in total. The van der Waals surface area contributed by atoms with Gasteiger partial charge in [0.1, 0.15) is 0 Å². The lowest BCUT2D eigenvalue weighted by Crippen LogP contribution is -2.41. The third-order valence-electron chi connectivity index (χ3n) is 3.05. The van der Waals surface area contributed by atoms with Crippen LogP contribution in [0.15, 0.2) is 28.7 Å². The third-order valence-corrected chi connectivity index (χ3v) is 5.73. The maximum absolute atomic E-state index is 12.4. The summed E-state index contributed by atoms with van der Waals surface area (Å²) >= 11 is 3.39. The molecule has 0 aliphatic heterocycles. The first-order chi connectivity index (χ1) is 9.23. The monoisotopic (exact) mass is 362 g/mol. The normalized spacial score (nSPS) is 13.9. The zero-order valence-corrected chi connectivity index (χ0v) is 14.8. The molecule has 0 radical (unpaired) electrons. The van der Waals surface area contributed by atoms with Gasteiger partial charge in [0.05, 0.1) is 5.25 Å². The smallest absolute Gasteiger partial charge is 0.218 e. The molecule has 20 heavy (non-hydrogen) atoms. The van der Waals surface area contributed by atoms with Gasteiger partial charge in [0, 0.05) is 30.7 Å². The van der Waals surface area contributed by atoms with E-state index in [4.69, 9.17) is 0 Å². The van der Waals surface area contributed by atoms with Gasteiger partial charge in [-0.1, -0.05) is 41.9 Å². The fourth-order valence-corrected chi connectivity index (χ4v) is 3.49. The largest absolute Gasteiger partial charge is 0.313 e. The lowest BCUT2D eigenvalue weighted by Gasteiger charge is -2.23. The van der Waals surface area contributed by atoms with E-state index in [1.807, 2.05) is 38.1 Å². The van der Waals surface area contributed by atoms with Crippen LogP contribution in [0, 0.1) is 0 Å². The summed E-state index contributed by atoms with van der Waals surface area (Å²) in [7, 11) is -1.66. The number of nitrogens with zero attached hydrogens (tertiary/aromatic N) is 1. The van der Waals surface area contributed by atoms with E-state index in [0.717, 1.165) is 10.0 Å². The van der Waals surface area contributed by atoms with E-state index in [-0.39, 0.29) is 6.04 Å². The van der Waals surface area contributed by atoms with Crippen molar-refractivity contribution in [2.75, 3.05) is 13.6 Å². The molecule has 0 bridgehead atoms. The molecule has 0 saturated heterocycles. The van der Waals surface area contributed by atoms with Crippen molar-refractivity contribution in [2.24, 2.45) is 0 Å². The minimum absolute atomic E-state index is 0.281. The van der Waals surface area contributed by atoms with Gasteiger partial charge in [-0.3, -0.25) is 0 Å². The molecule has 0 heterocycles. The quantitative estimate of drug-likeness (QED) is 0.810. The molecule has 114 valence electrons. The molecule has 6 heteroatoms. The first-order valence-electron chi connectivity index (χ1n) is 6.66. The molecule has 1 rings (SSSR count). The SMILES string of the molecule is CC(C)NCC(C)S(=O)(=O)N(C)Cc1cccc(Br)c1. The van der Waals surface area contributed by atoms with E-state index >= 15 is 0 Å². The Kier molecular flexibility index (Phi) is 6.64. The number of hydrogen-bond acceptors (Lipinski definition) is 3. The average molecular weight is 363 g/mol. The van der Waals surface area contributed by atoms with Crippen molar-refractivity contribution >= 4 is 26.0 Å². The number of benzene rings is 1. The van der Waals surface area contributed by atoms with Crippen molar-refractivity contribution in [3.63, 3.8) is 0 Å². The maximum atomic E-state index is 12.4. The zero-order chi connectivity index (χ0) is 15.3. The van der Waals surface area contributed by atoms with Crippen LogP contribution in [0.25, 0.3) is 0 Å². The van der Waals surface area contributed by atoms with Gasteiger partial charge in [0.15, 0.2) is 0 Å². The Labute approximate surface area is 130 Å². The molecule has 0 amide bonds. The molecular formula is C14H23BrN2O2S. The fraction of sp³-hybridized carbons (Fsp3) is 0.571. The Hall–Kier alpha value is -0.430. The van der Waals surface area contributed by atoms with Crippen molar-refractivity contribution in [3.05, 3.63) is 34.3 Å².